The van der Waals surface area contributed by atoms with Crippen molar-refractivity contribution in [2.24, 2.45) is 0 Å². The lowest BCUT2D eigenvalue weighted by atomic mass is 10.00. The highest BCUT2D eigenvalue weighted by atomic mass is 35.5. The van der Waals surface area contributed by atoms with E-state index >= 15 is 0 Å². The zero-order valence-corrected chi connectivity index (χ0v) is 15.7. The maximum Gasteiger partial charge on any atom is 0.295 e. The SMILES string of the molecule is COCCCN1C(=O)C(=O)/C(=C(\O)c2ccc(Cl)cc2)C1c1cccs1. The molecule has 0 spiro atoms. The van der Waals surface area contributed by atoms with Gasteiger partial charge in [-0.2, -0.15) is 0 Å². The first-order chi connectivity index (χ1) is 12.5. The van der Waals surface area contributed by atoms with Gasteiger partial charge in [-0.05, 0) is 42.1 Å². The molecule has 0 bridgehead atoms. The first-order valence-corrected chi connectivity index (χ1v) is 9.37. The van der Waals surface area contributed by atoms with Crippen LogP contribution in [0, 0.1) is 0 Å². The molecule has 1 aliphatic rings. The molecule has 1 aromatic heterocycles. The van der Waals surface area contributed by atoms with E-state index in [0.717, 1.165) is 4.88 Å². The fourth-order valence-corrected chi connectivity index (χ4v) is 3.97. The fraction of sp³-hybridized carbons (Fsp3) is 0.263. The normalized spacial score (nSPS) is 19.3. The van der Waals surface area contributed by atoms with E-state index in [1.165, 1.54) is 16.2 Å². The van der Waals surface area contributed by atoms with Gasteiger partial charge in [0.05, 0.1) is 11.6 Å². The lowest BCUT2D eigenvalue weighted by Crippen LogP contribution is -2.31. The predicted octanol–water partition coefficient (Wildman–Crippen LogP) is 3.86. The number of aliphatic hydroxyl groups excluding tert-OH is 1. The summed E-state index contributed by atoms with van der Waals surface area (Å²) in [7, 11) is 1.59. The third-order valence-corrected chi connectivity index (χ3v) is 5.39. The molecule has 1 saturated heterocycles. The van der Waals surface area contributed by atoms with E-state index in [0.29, 0.717) is 30.2 Å². The van der Waals surface area contributed by atoms with E-state index in [9.17, 15) is 14.7 Å². The van der Waals surface area contributed by atoms with E-state index in [-0.39, 0.29) is 11.3 Å². The summed E-state index contributed by atoms with van der Waals surface area (Å²) in [6.45, 7) is 0.857. The number of Topliss-reactive ketones (excluding diaryl/α,β-unsaturated/α-hetero) is 1. The molecular formula is C19H18ClNO4S. The second kappa shape index (κ2) is 8.03. The Balaban J connectivity index is 2.06. The number of methoxy groups -OCH3 is 1. The van der Waals surface area contributed by atoms with Crippen LogP contribution in [0.4, 0.5) is 0 Å². The van der Waals surface area contributed by atoms with Crippen molar-refractivity contribution in [3.63, 3.8) is 0 Å². The highest BCUT2D eigenvalue weighted by molar-refractivity contribution is 7.10. The summed E-state index contributed by atoms with van der Waals surface area (Å²) in [5.41, 5.74) is 0.558. The number of rotatable bonds is 6. The Morgan fingerprint density at radius 3 is 2.62 bits per heavy atom. The highest BCUT2D eigenvalue weighted by Crippen LogP contribution is 2.41. The van der Waals surface area contributed by atoms with E-state index in [2.05, 4.69) is 0 Å². The van der Waals surface area contributed by atoms with Crippen LogP contribution < -0.4 is 0 Å². The molecule has 3 rings (SSSR count). The van der Waals surface area contributed by atoms with Gasteiger partial charge in [0.15, 0.2) is 0 Å². The molecule has 136 valence electrons. The smallest absolute Gasteiger partial charge is 0.295 e. The van der Waals surface area contributed by atoms with Crippen LogP contribution in [0.1, 0.15) is 22.9 Å². The number of hydrogen-bond donors (Lipinski definition) is 1. The topological polar surface area (TPSA) is 66.8 Å². The summed E-state index contributed by atoms with van der Waals surface area (Å²) in [5, 5.41) is 13.2. The molecule has 2 heterocycles. The van der Waals surface area contributed by atoms with E-state index in [1.807, 2.05) is 17.5 Å². The number of thiophene rings is 1. The van der Waals surface area contributed by atoms with Gasteiger partial charge in [0.25, 0.3) is 11.7 Å². The molecule has 0 saturated carbocycles. The number of nitrogens with zero attached hydrogens (tertiary/aromatic N) is 1. The molecule has 1 fully saturated rings. The van der Waals surface area contributed by atoms with Crippen molar-refractivity contribution in [3.8, 4) is 0 Å². The first-order valence-electron chi connectivity index (χ1n) is 8.11. The summed E-state index contributed by atoms with van der Waals surface area (Å²) >= 11 is 7.34. The third-order valence-electron chi connectivity index (χ3n) is 4.22. The number of hydrogen-bond acceptors (Lipinski definition) is 5. The molecule has 1 aromatic carbocycles. The molecule has 1 atom stereocenters. The predicted molar refractivity (Wildman–Crippen MR) is 101 cm³/mol. The highest BCUT2D eigenvalue weighted by Gasteiger charge is 2.46. The Kier molecular flexibility index (Phi) is 5.76. The zero-order chi connectivity index (χ0) is 18.7. The lowest BCUT2D eigenvalue weighted by Gasteiger charge is -2.23. The average molecular weight is 392 g/mol. The third kappa shape index (κ3) is 3.53. The van der Waals surface area contributed by atoms with Crippen molar-refractivity contribution in [2.75, 3.05) is 20.3 Å². The largest absolute Gasteiger partial charge is 0.507 e. The Hall–Kier alpha value is -2.15. The maximum absolute atomic E-state index is 12.7. The number of aliphatic hydroxyl groups is 1. The van der Waals surface area contributed by atoms with Gasteiger partial charge in [-0.3, -0.25) is 9.59 Å². The first kappa shape index (κ1) is 18.6. The van der Waals surface area contributed by atoms with Crippen molar-refractivity contribution in [2.45, 2.75) is 12.5 Å². The van der Waals surface area contributed by atoms with E-state index < -0.39 is 17.7 Å². The second-order valence-corrected chi connectivity index (χ2v) is 7.28. The molecule has 0 radical (unpaired) electrons. The van der Waals surface area contributed by atoms with Crippen molar-refractivity contribution in [1.82, 2.24) is 4.90 Å². The fourth-order valence-electron chi connectivity index (χ4n) is 3.00. The van der Waals surface area contributed by atoms with Gasteiger partial charge in [-0.1, -0.05) is 17.7 Å². The van der Waals surface area contributed by atoms with Crippen molar-refractivity contribution in [3.05, 3.63) is 62.8 Å². The van der Waals surface area contributed by atoms with E-state index in [1.54, 1.807) is 31.4 Å². The molecule has 0 aliphatic carbocycles. The Morgan fingerprint density at radius 2 is 2.00 bits per heavy atom. The van der Waals surface area contributed by atoms with Crippen LogP contribution in [0.15, 0.2) is 47.4 Å². The second-order valence-electron chi connectivity index (χ2n) is 5.86. The van der Waals surface area contributed by atoms with Crippen molar-refractivity contribution < 1.29 is 19.4 Å². The number of halogens is 1. The minimum Gasteiger partial charge on any atom is -0.507 e. The Morgan fingerprint density at radius 1 is 1.27 bits per heavy atom. The minimum absolute atomic E-state index is 0.109. The van der Waals surface area contributed by atoms with Crippen LogP contribution in [-0.2, 0) is 14.3 Å². The van der Waals surface area contributed by atoms with Gasteiger partial charge >= 0.3 is 0 Å². The number of likely N-dealkylation sites (tertiary alicyclic amines) is 1. The van der Waals surface area contributed by atoms with Gasteiger partial charge < -0.3 is 14.7 Å². The number of ether oxygens (including phenoxy) is 1. The van der Waals surface area contributed by atoms with E-state index in [4.69, 9.17) is 16.3 Å². The number of benzene rings is 1. The van der Waals surface area contributed by atoms with Crippen molar-refractivity contribution in [1.29, 1.82) is 0 Å². The summed E-state index contributed by atoms with van der Waals surface area (Å²) in [6.07, 6.45) is 0.604. The number of ketones is 1. The van der Waals surface area contributed by atoms with Crippen LogP contribution in [0.5, 0.6) is 0 Å². The van der Waals surface area contributed by atoms with Gasteiger partial charge in [0.2, 0.25) is 0 Å². The standard InChI is InChI=1S/C19H18ClNO4S/c1-25-10-3-9-21-16(14-4-2-11-26-14)15(18(23)19(21)24)17(22)12-5-7-13(20)8-6-12/h2,4-8,11,16,22H,3,9-10H2,1H3/b17-15-. The number of carbonyl (C=O) groups is 2. The summed E-state index contributed by atoms with van der Waals surface area (Å²) < 4.78 is 5.05. The summed E-state index contributed by atoms with van der Waals surface area (Å²) in [4.78, 5) is 27.6. The summed E-state index contributed by atoms with van der Waals surface area (Å²) in [6, 6.07) is 9.64. The van der Waals surface area contributed by atoms with Crippen LogP contribution in [0.2, 0.25) is 5.02 Å². The molecule has 1 amide bonds. The van der Waals surface area contributed by atoms with Gasteiger partial charge in [-0.15, -0.1) is 11.3 Å². The molecule has 1 aliphatic heterocycles. The van der Waals surface area contributed by atoms with Gasteiger partial charge in [0.1, 0.15) is 5.76 Å². The van der Waals surface area contributed by atoms with Crippen LogP contribution in [-0.4, -0.2) is 42.0 Å². The maximum atomic E-state index is 12.7. The summed E-state index contributed by atoms with van der Waals surface area (Å²) in [5.74, 6) is -1.46. The molecule has 2 aromatic rings. The van der Waals surface area contributed by atoms with Gasteiger partial charge in [0, 0.05) is 35.7 Å². The molecule has 5 nitrogen and oxygen atoms in total. The molecular weight excluding hydrogens is 374 g/mol. The monoisotopic (exact) mass is 391 g/mol. The lowest BCUT2D eigenvalue weighted by molar-refractivity contribution is -0.140. The molecule has 1 N–H and O–H groups in total. The Labute approximate surface area is 160 Å². The van der Waals surface area contributed by atoms with Crippen LogP contribution in [0.25, 0.3) is 5.76 Å². The Bertz CT molecular complexity index is 830. The van der Waals surface area contributed by atoms with Crippen molar-refractivity contribution >= 4 is 40.4 Å². The molecule has 7 heteroatoms. The molecule has 26 heavy (non-hydrogen) atoms. The van der Waals surface area contributed by atoms with Crippen LogP contribution >= 0.6 is 22.9 Å². The zero-order valence-electron chi connectivity index (χ0n) is 14.1. The number of carbonyl (C=O) groups excluding carboxylic acids is 2. The van der Waals surface area contributed by atoms with Gasteiger partial charge in [-0.25, -0.2) is 0 Å². The van der Waals surface area contributed by atoms with Crippen LogP contribution in [0.3, 0.4) is 0 Å². The quantitative estimate of drug-likeness (QED) is 0.351. The molecule has 1 unspecified atom stereocenters. The minimum atomic E-state index is -0.673. The average Bonchev–Trinajstić information content (AvgIpc) is 3.24. The number of amides is 1.